The number of aliphatic imine (C=N–C) groups is 1. The van der Waals surface area contributed by atoms with Gasteiger partial charge < -0.3 is 20.1 Å². The SMILES string of the molecule is CCNC(=NCc1ccccc1OC)NCCC(=O)OC.I. The number of nitrogens with one attached hydrogen (secondary N) is 2. The van der Waals surface area contributed by atoms with Crippen LogP contribution in [0.15, 0.2) is 29.3 Å². The quantitative estimate of drug-likeness (QED) is 0.305. The van der Waals surface area contributed by atoms with Crippen LogP contribution in [0.3, 0.4) is 0 Å². The maximum absolute atomic E-state index is 11.1. The van der Waals surface area contributed by atoms with Gasteiger partial charge in [-0.3, -0.25) is 4.79 Å². The highest BCUT2D eigenvalue weighted by molar-refractivity contribution is 14.0. The monoisotopic (exact) mass is 421 g/mol. The number of ether oxygens (including phenoxy) is 2. The highest BCUT2D eigenvalue weighted by Crippen LogP contribution is 2.17. The molecule has 0 aliphatic heterocycles. The summed E-state index contributed by atoms with van der Waals surface area (Å²) in [7, 11) is 3.02. The number of hydrogen-bond acceptors (Lipinski definition) is 4. The van der Waals surface area contributed by atoms with Crippen molar-refractivity contribution in [2.45, 2.75) is 19.9 Å². The van der Waals surface area contributed by atoms with Crippen molar-refractivity contribution in [1.29, 1.82) is 0 Å². The molecule has 0 atom stereocenters. The van der Waals surface area contributed by atoms with E-state index in [4.69, 9.17) is 4.74 Å². The van der Waals surface area contributed by atoms with Crippen LogP contribution in [-0.2, 0) is 16.1 Å². The third-order valence-corrected chi connectivity index (χ3v) is 2.79. The van der Waals surface area contributed by atoms with Crippen molar-refractivity contribution in [3.8, 4) is 5.75 Å². The molecule has 0 saturated heterocycles. The summed E-state index contributed by atoms with van der Waals surface area (Å²) in [5.41, 5.74) is 1.00. The minimum absolute atomic E-state index is 0. The molecule has 0 aliphatic rings. The normalized spacial score (nSPS) is 10.4. The van der Waals surface area contributed by atoms with Crippen LogP contribution in [0.2, 0.25) is 0 Å². The number of nitrogens with zero attached hydrogens (tertiary/aromatic N) is 1. The van der Waals surface area contributed by atoms with Gasteiger partial charge >= 0.3 is 5.97 Å². The second-order valence-corrected chi connectivity index (χ2v) is 4.26. The van der Waals surface area contributed by atoms with Gasteiger partial charge in [0.05, 0.1) is 27.2 Å². The highest BCUT2D eigenvalue weighted by atomic mass is 127. The first-order valence-corrected chi connectivity index (χ1v) is 6.92. The van der Waals surface area contributed by atoms with Crippen molar-refractivity contribution in [2.75, 3.05) is 27.3 Å². The number of rotatable bonds is 7. The number of hydrogen-bond donors (Lipinski definition) is 2. The van der Waals surface area contributed by atoms with Crippen molar-refractivity contribution >= 4 is 35.9 Å². The summed E-state index contributed by atoms with van der Waals surface area (Å²) in [5.74, 6) is 1.22. The number of guanidine groups is 1. The lowest BCUT2D eigenvalue weighted by Gasteiger charge is -2.11. The highest BCUT2D eigenvalue weighted by Gasteiger charge is 2.03. The average molecular weight is 421 g/mol. The van der Waals surface area contributed by atoms with E-state index in [-0.39, 0.29) is 29.9 Å². The lowest BCUT2D eigenvalue weighted by atomic mass is 10.2. The van der Waals surface area contributed by atoms with E-state index in [1.807, 2.05) is 31.2 Å². The first-order chi connectivity index (χ1) is 10.2. The Labute approximate surface area is 148 Å². The van der Waals surface area contributed by atoms with Gasteiger partial charge in [-0.05, 0) is 13.0 Å². The lowest BCUT2D eigenvalue weighted by molar-refractivity contribution is -0.140. The molecule has 2 N–H and O–H groups in total. The molecule has 1 rings (SSSR count). The molecule has 0 spiro atoms. The minimum atomic E-state index is -0.247. The Bertz CT molecular complexity index is 481. The van der Waals surface area contributed by atoms with E-state index < -0.39 is 0 Å². The van der Waals surface area contributed by atoms with Crippen molar-refractivity contribution < 1.29 is 14.3 Å². The molecular weight excluding hydrogens is 397 g/mol. The zero-order valence-corrected chi connectivity index (χ0v) is 15.5. The van der Waals surface area contributed by atoms with Crippen LogP contribution in [0.5, 0.6) is 5.75 Å². The standard InChI is InChI=1S/C15H23N3O3.HI/c1-4-16-15(17-10-9-14(19)21-3)18-11-12-7-5-6-8-13(12)20-2;/h5-8H,4,9-11H2,1-3H3,(H2,16,17,18);1H. The molecule has 0 aromatic heterocycles. The molecule has 1 aromatic rings. The Kier molecular flexibility index (Phi) is 11.2. The summed E-state index contributed by atoms with van der Waals surface area (Å²) >= 11 is 0. The van der Waals surface area contributed by atoms with Crippen molar-refractivity contribution in [1.82, 2.24) is 10.6 Å². The molecule has 22 heavy (non-hydrogen) atoms. The summed E-state index contributed by atoms with van der Waals surface area (Å²) in [6.45, 7) is 3.71. The summed E-state index contributed by atoms with van der Waals surface area (Å²) in [5, 5.41) is 6.22. The molecule has 1 aromatic carbocycles. The number of halogens is 1. The third-order valence-electron chi connectivity index (χ3n) is 2.79. The Morgan fingerprint density at radius 3 is 2.59 bits per heavy atom. The zero-order valence-electron chi connectivity index (χ0n) is 13.2. The van der Waals surface area contributed by atoms with Crippen LogP contribution in [0.4, 0.5) is 0 Å². The van der Waals surface area contributed by atoms with Gasteiger partial charge in [0.15, 0.2) is 5.96 Å². The van der Waals surface area contributed by atoms with Crippen LogP contribution >= 0.6 is 24.0 Å². The molecule has 0 aliphatic carbocycles. The van der Waals surface area contributed by atoms with Gasteiger partial charge in [0.25, 0.3) is 0 Å². The Morgan fingerprint density at radius 2 is 1.95 bits per heavy atom. The van der Waals surface area contributed by atoms with Gasteiger partial charge in [0, 0.05) is 18.7 Å². The largest absolute Gasteiger partial charge is 0.496 e. The molecular formula is C15H24IN3O3. The summed E-state index contributed by atoms with van der Waals surface area (Å²) < 4.78 is 9.89. The predicted molar refractivity (Wildman–Crippen MR) is 97.9 cm³/mol. The van der Waals surface area contributed by atoms with Gasteiger partial charge in [-0.2, -0.15) is 0 Å². The molecule has 0 heterocycles. The summed E-state index contributed by atoms with van der Waals surface area (Å²) in [4.78, 5) is 15.6. The van der Waals surface area contributed by atoms with Gasteiger partial charge in [0.2, 0.25) is 0 Å². The molecule has 0 unspecified atom stereocenters. The van der Waals surface area contributed by atoms with E-state index >= 15 is 0 Å². The van der Waals surface area contributed by atoms with Crippen LogP contribution in [0.1, 0.15) is 18.9 Å². The Balaban J connectivity index is 0.00000441. The number of esters is 1. The second-order valence-electron chi connectivity index (χ2n) is 4.26. The summed E-state index contributed by atoms with van der Waals surface area (Å²) in [6.07, 6.45) is 0.301. The summed E-state index contributed by atoms with van der Waals surface area (Å²) in [6, 6.07) is 7.75. The van der Waals surface area contributed by atoms with E-state index in [9.17, 15) is 4.79 Å². The molecule has 7 heteroatoms. The second kappa shape index (κ2) is 12.1. The Morgan fingerprint density at radius 1 is 1.23 bits per heavy atom. The number of carbonyl (C=O) groups excluding carboxylic acids is 1. The van der Waals surface area contributed by atoms with Crippen molar-refractivity contribution in [3.05, 3.63) is 29.8 Å². The third kappa shape index (κ3) is 7.48. The van der Waals surface area contributed by atoms with Gasteiger partial charge in [-0.1, -0.05) is 18.2 Å². The van der Waals surface area contributed by atoms with E-state index in [1.165, 1.54) is 7.11 Å². The zero-order chi connectivity index (χ0) is 15.5. The molecule has 6 nitrogen and oxygen atoms in total. The fraction of sp³-hybridized carbons (Fsp3) is 0.467. The first kappa shape index (κ1) is 20.5. The minimum Gasteiger partial charge on any atom is -0.496 e. The van der Waals surface area contributed by atoms with E-state index in [0.717, 1.165) is 17.9 Å². The first-order valence-electron chi connectivity index (χ1n) is 6.92. The maximum atomic E-state index is 11.1. The molecule has 0 amide bonds. The molecule has 0 fully saturated rings. The van der Waals surface area contributed by atoms with E-state index in [0.29, 0.717) is 25.5 Å². The maximum Gasteiger partial charge on any atom is 0.307 e. The average Bonchev–Trinajstić information content (AvgIpc) is 2.52. The molecule has 124 valence electrons. The fourth-order valence-corrected chi connectivity index (χ4v) is 1.72. The van der Waals surface area contributed by atoms with Crippen LogP contribution in [-0.4, -0.2) is 39.2 Å². The molecule has 0 saturated carbocycles. The van der Waals surface area contributed by atoms with Crippen LogP contribution in [0, 0.1) is 0 Å². The van der Waals surface area contributed by atoms with Gasteiger partial charge in [-0.15, -0.1) is 24.0 Å². The van der Waals surface area contributed by atoms with E-state index in [1.54, 1.807) is 7.11 Å². The van der Waals surface area contributed by atoms with E-state index in [2.05, 4.69) is 20.4 Å². The molecule has 0 bridgehead atoms. The van der Waals surface area contributed by atoms with Crippen LogP contribution < -0.4 is 15.4 Å². The number of para-hydroxylation sites is 1. The van der Waals surface area contributed by atoms with Gasteiger partial charge in [-0.25, -0.2) is 4.99 Å². The van der Waals surface area contributed by atoms with Crippen molar-refractivity contribution in [3.63, 3.8) is 0 Å². The smallest absolute Gasteiger partial charge is 0.307 e. The fourth-order valence-electron chi connectivity index (χ4n) is 1.72. The Hall–Kier alpha value is -1.51. The lowest BCUT2D eigenvalue weighted by Crippen LogP contribution is -2.38. The predicted octanol–water partition coefficient (Wildman–Crippen LogP) is 1.93. The van der Waals surface area contributed by atoms with Crippen LogP contribution in [0.25, 0.3) is 0 Å². The topological polar surface area (TPSA) is 72.0 Å². The van der Waals surface area contributed by atoms with Crippen molar-refractivity contribution in [2.24, 2.45) is 4.99 Å². The number of carbonyl (C=O) groups is 1. The number of methoxy groups -OCH3 is 2. The number of benzene rings is 1. The van der Waals surface area contributed by atoms with Gasteiger partial charge in [0.1, 0.15) is 5.75 Å². The molecule has 0 radical (unpaired) electrons.